The highest BCUT2D eigenvalue weighted by molar-refractivity contribution is 5.63. The number of aldehydes is 1. The van der Waals surface area contributed by atoms with E-state index in [0.717, 1.165) is 0 Å². The van der Waals surface area contributed by atoms with E-state index in [2.05, 4.69) is 0 Å². The van der Waals surface area contributed by atoms with Gasteiger partial charge in [0.25, 0.3) is 0 Å². The summed E-state index contributed by atoms with van der Waals surface area (Å²) in [6, 6.07) is 4.72. The molecule has 0 aliphatic heterocycles. The SMILES string of the molecule is CCOc1ccc(OC)c(C(F)C=O)c1. The third kappa shape index (κ3) is 2.68. The quantitative estimate of drug-likeness (QED) is 0.702. The molecular weight excluding hydrogens is 199 g/mol. The molecule has 1 unspecified atom stereocenters. The van der Waals surface area contributed by atoms with Crippen LogP contribution in [-0.4, -0.2) is 20.0 Å². The van der Waals surface area contributed by atoms with E-state index in [9.17, 15) is 9.18 Å². The Kier molecular flexibility index (Phi) is 4.09. The second-order valence-electron chi connectivity index (χ2n) is 2.87. The van der Waals surface area contributed by atoms with Crippen LogP contribution in [0, 0.1) is 0 Å². The van der Waals surface area contributed by atoms with E-state index in [0.29, 0.717) is 18.1 Å². The molecule has 3 nitrogen and oxygen atoms in total. The molecular formula is C11H13FO3. The Balaban J connectivity index is 3.06. The molecule has 1 aromatic rings. The van der Waals surface area contributed by atoms with Crippen LogP contribution in [0.2, 0.25) is 0 Å². The van der Waals surface area contributed by atoms with Crippen LogP contribution in [0.15, 0.2) is 18.2 Å². The molecule has 0 spiro atoms. The summed E-state index contributed by atoms with van der Waals surface area (Å²) >= 11 is 0. The summed E-state index contributed by atoms with van der Waals surface area (Å²) < 4.78 is 23.4. The monoisotopic (exact) mass is 212 g/mol. The van der Waals surface area contributed by atoms with Crippen molar-refractivity contribution < 1.29 is 18.7 Å². The second kappa shape index (κ2) is 5.34. The van der Waals surface area contributed by atoms with Gasteiger partial charge in [-0.3, -0.25) is 4.79 Å². The molecule has 0 fully saturated rings. The number of carbonyl (C=O) groups is 1. The Morgan fingerprint density at radius 3 is 2.80 bits per heavy atom. The first-order valence-corrected chi connectivity index (χ1v) is 4.63. The largest absolute Gasteiger partial charge is 0.496 e. The molecule has 0 saturated carbocycles. The van der Waals surface area contributed by atoms with Gasteiger partial charge in [0.15, 0.2) is 12.5 Å². The summed E-state index contributed by atoms with van der Waals surface area (Å²) in [7, 11) is 1.43. The van der Waals surface area contributed by atoms with E-state index in [4.69, 9.17) is 9.47 Å². The minimum absolute atomic E-state index is 0.193. The maximum Gasteiger partial charge on any atom is 0.184 e. The summed E-state index contributed by atoms with van der Waals surface area (Å²) in [5.41, 5.74) is 0.193. The number of halogens is 1. The zero-order valence-corrected chi connectivity index (χ0v) is 8.70. The van der Waals surface area contributed by atoms with E-state index in [1.165, 1.54) is 13.2 Å². The number of hydrogen-bond acceptors (Lipinski definition) is 3. The lowest BCUT2D eigenvalue weighted by Gasteiger charge is -2.11. The van der Waals surface area contributed by atoms with Gasteiger partial charge in [-0.1, -0.05) is 0 Å². The Bertz CT molecular complexity index is 339. The predicted molar refractivity (Wildman–Crippen MR) is 54.1 cm³/mol. The molecule has 0 aliphatic rings. The Hall–Kier alpha value is -1.58. The van der Waals surface area contributed by atoms with Crippen molar-refractivity contribution in [2.24, 2.45) is 0 Å². The average molecular weight is 212 g/mol. The summed E-state index contributed by atoms with van der Waals surface area (Å²) in [4.78, 5) is 10.4. The lowest BCUT2D eigenvalue weighted by Crippen LogP contribution is -1.99. The van der Waals surface area contributed by atoms with Crippen molar-refractivity contribution >= 4 is 6.29 Å². The summed E-state index contributed by atoms with van der Waals surface area (Å²) in [5, 5.41) is 0. The van der Waals surface area contributed by atoms with Gasteiger partial charge in [0, 0.05) is 5.56 Å². The zero-order chi connectivity index (χ0) is 11.3. The van der Waals surface area contributed by atoms with Crippen LogP contribution in [0.5, 0.6) is 11.5 Å². The van der Waals surface area contributed by atoms with Gasteiger partial charge in [-0.15, -0.1) is 0 Å². The molecule has 4 heteroatoms. The first-order valence-electron chi connectivity index (χ1n) is 4.63. The van der Waals surface area contributed by atoms with Crippen molar-refractivity contribution in [2.45, 2.75) is 13.1 Å². The Morgan fingerprint density at radius 2 is 2.27 bits per heavy atom. The number of alkyl halides is 1. The Labute approximate surface area is 87.8 Å². The predicted octanol–water partition coefficient (Wildman–Crippen LogP) is 2.30. The Morgan fingerprint density at radius 1 is 1.53 bits per heavy atom. The van der Waals surface area contributed by atoms with E-state index in [1.807, 2.05) is 6.92 Å². The molecule has 0 amide bonds. The molecule has 0 saturated heterocycles. The van der Waals surface area contributed by atoms with Gasteiger partial charge in [-0.2, -0.15) is 0 Å². The third-order valence-corrected chi connectivity index (χ3v) is 1.93. The standard InChI is InChI=1S/C11H13FO3/c1-3-15-8-4-5-11(14-2)9(6-8)10(12)7-13/h4-7,10H,3H2,1-2H3. The number of benzene rings is 1. The molecule has 1 atom stereocenters. The first kappa shape index (κ1) is 11.5. The van der Waals surface area contributed by atoms with Crippen molar-refractivity contribution in [3.8, 4) is 11.5 Å². The summed E-state index contributed by atoms with van der Waals surface area (Å²) in [5.74, 6) is 0.871. The van der Waals surface area contributed by atoms with Crippen LogP contribution in [0.25, 0.3) is 0 Å². The van der Waals surface area contributed by atoms with E-state index in [-0.39, 0.29) is 11.8 Å². The highest BCUT2D eigenvalue weighted by Gasteiger charge is 2.15. The van der Waals surface area contributed by atoms with Crippen LogP contribution >= 0.6 is 0 Å². The molecule has 15 heavy (non-hydrogen) atoms. The molecule has 1 aromatic carbocycles. The van der Waals surface area contributed by atoms with E-state index < -0.39 is 6.17 Å². The third-order valence-electron chi connectivity index (χ3n) is 1.93. The normalized spacial score (nSPS) is 11.9. The maximum atomic E-state index is 13.2. The van der Waals surface area contributed by atoms with Crippen LogP contribution < -0.4 is 9.47 Å². The van der Waals surface area contributed by atoms with Crippen molar-refractivity contribution in [2.75, 3.05) is 13.7 Å². The van der Waals surface area contributed by atoms with Gasteiger partial charge in [0.1, 0.15) is 11.5 Å². The van der Waals surface area contributed by atoms with Gasteiger partial charge >= 0.3 is 0 Å². The smallest absolute Gasteiger partial charge is 0.184 e. The van der Waals surface area contributed by atoms with Gasteiger partial charge < -0.3 is 9.47 Å². The lowest BCUT2D eigenvalue weighted by atomic mass is 10.1. The van der Waals surface area contributed by atoms with Crippen molar-refractivity contribution in [1.82, 2.24) is 0 Å². The highest BCUT2D eigenvalue weighted by atomic mass is 19.1. The molecule has 0 aromatic heterocycles. The molecule has 0 radical (unpaired) electrons. The van der Waals surface area contributed by atoms with E-state index >= 15 is 0 Å². The van der Waals surface area contributed by atoms with Crippen LogP contribution in [0.4, 0.5) is 4.39 Å². The molecule has 0 aliphatic carbocycles. The average Bonchev–Trinajstić information content (AvgIpc) is 2.28. The topological polar surface area (TPSA) is 35.5 Å². The highest BCUT2D eigenvalue weighted by Crippen LogP contribution is 2.30. The number of ether oxygens (including phenoxy) is 2. The van der Waals surface area contributed by atoms with Gasteiger partial charge in [0.2, 0.25) is 0 Å². The minimum atomic E-state index is -1.68. The maximum absolute atomic E-state index is 13.2. The van der Waals surface area contributed by atoms with Gasteiger partial charge in [0.05, 0.1) is 13.7 Å². The molecule has 0 N–H and O–H groups in total. The minimum Gasteiger partial charge on any atom is -0.496 e. The first-order chi connectivity index (χ1) is 7.22. The van der Waals surface area contributed by atoms with Gasteiger partial charge in [-0.25, -0.2) is 4.39 Å². The fourth-order valence-electron chi connectivity index (χ4n) is 1.26. The van der Waals surface area contributed by atoms with Crippen molar-refractivity contribution in [3.05, 3.63) is 23.8 Å². The van der Waals surface area contributed by atoms with Crippen molar-refractivity contribution in [3.63, 3.8) is 0 Å². The molecule has 1 rings (SSSR count). The molecule has 82 valence electrons. The number of methoxy groups -OCH3 is 1. The van der Waals surface area contributed by atoms with E-state index in [1.54, 1.807) is 12.1 Å². The van der Waals surface area contributed by atoms with Crippen LogP contribution in [0.1, 0.15) is 18.7 Å². The zero-order valence-electron chi connectivity index (χ0n) is 8.70. The summed E-state index contributed by atoms with van der Waals surface area (Å²) in [6.07, 6.45) is -1.45. The number of hydrogen-bond donors (Lipinski definition) is 0. The van der Waals surface area contributed by atoms with Crippen molar-refractivity contribution in [1.29, 1.82) is 0 Å². The fourth-order valence-corrected chi connectivity index (χ4v) is 1.26. The second-order valence-corrected chi connectivity index (χ2v) is 2.87. The number of carbonyl (C=O) groups excluding carboxylic acids is 1. The van der Waals surface area contributed by atoms with Crippen LogP contribution in [0.3, 0.4) is 0 Å². The van der Waals surface area contributed by atoms with Gasteiger partial charge in [-0.05, 0) is 25.1 Å². The molecule has 0 heterocycles. The summed E-state index contributed by atoms with van der Waals surface area (Å²) in [6.45, 7) is 2.32. The lowest BCUT2D eigenvalue weighted by molar-refractivity contribution is -0.112. The molecule has 0 bridgehead atoms. The fraction of sp³-hybridized carbons (Fsp3) is 0.364. The van der Waals surface area contributed by atoms with Crippen LogP contribution in [-0.2, 0) is 4.79 Å². The number of rotatable bonds is 5.